The molecule has 1 unspecified atom stereocenters. The lowest BCUT2D eigenvalue weighted by Gasteiger charge is -2.43. The highest BCUT2D eigenvalue weighted by atomic mass is 16.1. The Bertz CT molecular complexity index is 277. The van der Waals surface area contributed by atoms with Crippen molar-refractivity contribution < 1.29 is 4.79 Å². The summed E-state index contributed by atoms with van der Waals surface area (Å²) in [6, 6.07) is 0. The van der Waals surface area contributed by atoms with Crippen LogP contribution in [0, 0.1) is 28.6 Å². The van der Waals surface area contributed by atoms with E-state index in [9.17, 15) is 4.79 Å². The molecule has 0 saturated heterocycles. The van der Waals surface area contributed by atoms with Gasteiger partial charge < -0.3 is 0 Å². The van der Waals surface area contributed by atoms with E-state index in [2.05, 4.69) is 48.5 Å². The van der Waals surface area contributed by atoms with Gasteiger partial charge in [-0.05, 0) is 30.1 Å². The van der Waals surface area contributed by atoms with Crippen LogP contribution in [0.2, 0.25) is 0 Å². The average Bonchev–Trinajstić information content (AvgIpc) is 2.14. The number of rotatable bonds is 1. The van der Waals surface area contributed by atoms with Crippen molar-refractivity contribution in [1.29, 1.82) is 0 Å². The van der Waals surface area contributed by atoms with Crippen LogP contribution in [-0.4, -0.2) is 5.78 Å². The fourth-order valence-electron chi connectivity index (χ4n) is 3.21. The van der Waals surface area contributed by atoms with Crippen LogP contribution in [0.5, 0.6) is 0 Å². The molecule has 1 aliphatic rings. The van der Waals surface area contributed by atoms with Gasteiger partial charge in [0.2, 0.25) is 0 Å². The molecule has 0 aromatic heterocycles. The van der Waals surface area contributed by atoms with Gasteiger partial charge in [-0.3, -0.25) is 4.79 Å². The molecule has 0 radical (unpaired) electrons. The van der Waals surface area contributed by atoms with E-state index >= 15 is 0 Å². The lowest BCUT2D eigenvalue weighted by atomic mass is 9.60. The summed E-state index contributed by atoms with van der Waals surface area (Å²) in [5.74, 6) is 2.09. The van der Waals surface area contributed by atoms with Crippen LogP contribution in [0.3, 0.4) is 0 Å². The first-order chi connectivity index (χ1) is 7.53. The van der Waals surface area contributed by atoms with Crippen molar-refractivity contribution in [3.8, 4) is 0 Å². The van der Waals surface area contributed by atoms with Crippen LogP contribution in [0.4, 0.5) is 0 Å². The lowest BCUT2D eigenvalue weighted by molar-refractivity contribution is -0.136. The zero-order chi connectivity index (χ0) is 13.4. The maximum Gasteiger partial charge on any atom is 0.141 e. The quantitative estimate of drug-likeness (QED) is 0.647. The molecule has 1 heteroatoms. The van der Waals surface area contributed by atoms with Crippen LogP contribution in [0.25, 0.3) is 0 Å². The van der Waals surface area contributed by atoms with Gasteiger partial charge in [0.15, 0.2) is 0 Å². The molecule has 0 heterocycles. The standard InChI is InChI=1S/C16H30O/c1-11-8-9-12(14(17)16(5,6)7)13(10-11)15(2,3)4/h11-13H,8-10H2,1-7H3/t11-,12-,13?/m0/s1. The molecule has 0 aromatic carbocycles. The van der Waals surface area contributed by atoms with Crippen LogP contribution < -0.4 is 0 Å². The molecule has 3 atom stereocenters. The van der Waals surface area contributed by atoms with Crippen molar-refractivity contribution in [2.24, 2.45) is 28.6 Å². The minimum absolute atomic E-state index is 0.186. The SMILES string of the molecule is C[C@H]1CC[C@H](C(=O)C(C)(C)C)C(C(C)(C)C)C1. The van der Waals surface area contributed by atoms with Crippen LogP contribution in [-0.2, 0) is 4.79 Å². The second kappa shape index (κ2) is 4.74. The smallest absolute Gasteiger partial charge is 0.141 e. The molecule has 17 heavy (non-hydrogen) atoms. The first-order valence-electron chi connectivity index (χ1n) is 7.08. The Morgan fingerprint density at radius 2 is 1.53 bits per heavy atom. The zero-order valence-corrected chi connectivity index (χ0v) is 12.8. The van der Waals surface area contributed by atoms with Crippen molar-refractivity contribution in [3.05, 3.63) is 0 Å². The van der Waals surface area contributed by atoms with E-state index in [1.807, 2.05) is 0 Å². The van der Waals surface area contributed by atoms with Gasteiger partial charge >= 0.3 is 0 Å². The summed E-state index contributed by atoms with van der Waals surface area (Å²) in [5, 5.41) is 0. The van der Waals surface area contributed by atoms with Crippen LogP contribution in [0.1, 0.15) is 67.7 Å². The predicted octanol–water partition coefficient (Wildman–Crippen LogP) is 4.70. The van der Waals surface area contributed by atoms with Gasteiger partial charge in [0, 0.05) is 11.3 Å². The molecule has 100 valence electrons. The molecule has 1 rings (SSSR count). The average molecular weight is 238 g/mol. The molecule has 0 N–H and O–H groups in total. The minimum Gasteiger partial charge on any atom is -0.299 e. The van der Waals surface area contributed by atoms with E-state index < -0.39 is 0 Å². The predicted molar refractivity (Wildman–Crippen MR) is 73.9 cm³/mol. The minimum atomic E-state index is -0.186. The largest absolute Gasteiger partial charge is 0.299 e. The summed E-state index contributed by atoms with van der Waals surface area (Å²) in [4.78, 5) is 12.6. The Morgan fingerprint density at radius 3 is 1.94 bits per heavy atom. The molecule has 0 amide bonds. The highest BCUT2D eigenvalue weighted by Crippen LogP contribution is 2.46. The Balaban J connectivity index is 2.92. The third-order valence-electron chi connectivity index (χ3n) is 4.30. The highest BCUT2D eigenvalue weighted by Gasteiger charge is 2.42. The Labute approximate surface area is 107 Å². The van der Waals surface area contributed by atoms with E-state index in [0.717, 1.165) is 12.3 Å². The summed E-state index contributed by atoms with van der Waals surface area (Å²) in [5.41, 5.74) is 0.0645. The summed E-state index contributed by atoms with van der Waals surface area (Å²) in [6.45, 7) is 15.4. The summed E-state index contributed by atoms with van der Waals surface area (Å²) in [6.07, 6.45) is 3.54. The normalized spacial score (nSPS) is 31.4. The van der Waals surface area contributed by atoms with Crippen molar-refractivity contribution in [3.63, 3.8) is 0 Å². The Hall–Kier alpha value is -0.330. The van der Waals surface area contributed by atoms with E-state index in [1.54, 1.807) is 0 Å². The van der Waals surface area contributed by atoms with Gasteiger partial charge in [-0.25, -0.2) is 0 Å². The first kappa shape index (κ1) is 14.7. The molecule has 0 bridgehead atoms. The third-order valence-corrected chi connectivity index (χ3v) is 4.30. The summed E-state index contributed by atoms with van der Waals surface area (Å²) < 4.78 is 0. The summed E-state index contributed by atoms with van der Waals surface area (Å²) in [7, 11) is 0. The van der Waals surface area contributed by atoms with Gasteiger partial charge in [-0.15, -0.1) is 0 Å². The fraction of sp³-hybridized carbons (Fsp3) is 0.938. The van der Waals surface area contributed by atoms with Gasteiger partial charge in [0.05, 0.1) is 0 Å². The van der Waals surface area contributed by atoms with Gasteiger partial charge in [0.25, 0.3) is 0 Å². The van der Waals surface area contributed by atoms with E-state index in [0.29, 0.717) is 11.7 Å². The Morgan fingerprint density at radius 1 is 1.00 bits per heavy atom. The molecule has 1 fully saturated rings. The van der Waals surface area contributed by atoms with Crippen LogP contribution >= 0.6 is 0 Å². The number of carbonyl (C=O) groups excluding carboxylic acids is 1. The monoisotopic (exact) mass is 238 g/mol. The molecule has 0 aliphatic heterocycles. The maximum atomic E-state index is 12.6. The third kappa shape index (κ3) is 3.56. The van der Waals surface area contributed by atoms with Crippen molar-refractivity contribution in [1.82, 2.24) is 0 Å². The molecular weight excluding hydrogens is 208 g/mol. The molecule has 1 nitrogen and oxygen atoms in total. The van der Waals surface area contributed by atoms with Crippen molar-refractivity contribution >= 4 is 5.78 Å². The lowest BCUT2D eigenvalue weighted by Crippen LogP contribution is -2.41. The van der Waals surface area contributed by atoms with Gasteiger partial charge in [0.1, 0.15) is 5.78 Å². The number of Topliss-reactive ketones (excluding diaryl/α,β-unsaturated/α-hetero) is 1. The second-order valence-corrected chi connectivity index (χ2v) is 8.11. The molecule has 1 saturated carbocycles. The Kier molecular flexibility index (Phi) is 4.11. The number of hydrogen-bond acceptors (Lipinski definition) is 1. The molecule has 1 aliphatic carbocycles. The van der Waals surface area contributed by atoms with E-state index in [-0.39, 0.29) is 16.7 Å². The topological polar surface area (TPSA) is 17.1 Å². The van der Waals surface area contributed by atoms with E-state index in [1.165, 1.54) is 12.8 Å². The van der Waals surface area contributed by atoms with E-state index in [4.69, 9.17) is 0 Å². The molecular formula is C16H30O. The molecule has 0 aromatic rings. The number of carbonyl (C=O) groups is 1. The zero-order valence-electron chi connectivity index (χ0n) is 12.8. The second-order valence-electron chi connectivity index (χ2n) is 8.11. The highest BCUT2D eigenvalue weighted by molar-refractivity contribution is 5.86. The molecule has 0 spiro atoms. The maximum absolute atomic E-state index is 12.6. The van der Waals surface area contributed by atoms with Gasteiger partial charge in [-0.1, -0.05) is 54.9 Å². The van der Waals surface area contributed by atoms with Crippen molar-refractivity contribution in [2.45, 2.75) is 67.7 Å². The summed E-state index contributed by atoms with van der Waals surface area (Å²) >= 11 is 0. The van der Waals surface area contributed by atoms with Crippen molar-refractivity contribution in [2.75, 3.05) is 0 Å². The fourth-order valence-corrected chi connectivity index (χ4v) is 3.21. The van der Waals surface area contributed by atoms with Crippen LogP contribution in [0.15, 0.2) is 0 Å². The first-order valence-corrected chi connectivity index (χ1v) is 7.08. The number of hydrogen-bond donors (Lipinski definition) is 0. The number of ketones is 1. The van der Waals surface area contributed by atoms with Gasteiger partial charge in [-0.2, -0.15) is 0 Å².